The highest BCUT2D eigenvalue weighted by molar-refractivity contribution is 6.25. The van der Waals surface area contributed by atoms with Crippen LogP contribution in [0.1, 0.15) is 38.3 Å². The van der Waals surface area contributed by atoms with Gasteiger partial charge in [-0.3, -0.25) is 19.4 Å². The number of hydrogen-bond donors (Lipinski definition) is 0. The van der Waals surface area contributed by atoms with Crippen LogP contribution in [-0.4, -0.2) is 73.5 Å². The number of hydrogen-bond acceptors (Lipinski definition) is 5. The van der Waals surface area contributed by atoms with E-state index in [0.29, 0.717) is 17.8 Å². The summed E-state index contributed by atoms with van der Waals surface area (Å²) in [5.74, 6) is 0.406. The monoisotopic (exact) mass is 405 g/mol. The molecule has 0 radical (unpaired) electrons. The van der Waals surface area contributed by atoms with Crippen LogP contribution in [0.5, 0.6) is 5.75 Å². The second kappa shape index (κ2) is 7.52. The molecule has 0 aromatic heterocycles. The van der Waals surface area contributed by atoms with Gasteiger partial charge in [-0.1, -0.05) is 18.2 Å². The van der Waals surface area contributed by atoms with E-state index in [4.69, 9.17) is 4.74 Å². The summed E-state index contributed by atoms with van der Waals surface area (Å²) >= 11 is 0. The zero-order chi connectivity index (χ0) is 20.8. The van der Waals surface area contributed by atoms with Gasteiger partial charge in [-0.2, -0.15) is 0 Å². The van der Waals surface area contributed by atoms with E-state index in [0.717, 1.165) is 67.9 Å². The molecule has 30 heavy (non-hydrogen) atoms. The molecule has 0 bridgehead atoms. The van der Waals surface area contributed by atoms with E-state index in [2.05, 4.69) is 22.9 Å². The molecule has 2 aromatic carbocycles. The van der Waals surface area contributed by atoms with Crippen molar-refractivity contribution < 1.29 is 14.3 Å². The number of piperazine rings is 1. The minimum atomic E-state index is -0.176. The molecule has 0 N–H and O–H groups in total. The maximum atomic E-state index is 13.6. The first kappa shape index (κ1) is 19.3. The van der Waals surface area contributed by atoms with Crippen molar-refractivity contribution >= 4 is 11.8 Å². The van der Waals surface area contributed by atoms with Crippen LogP contribution in [0.4, 0.5) is 0 Å². The molecule has 2 aliphatic heterocycles. The number of nitrogens with zero attached hydrogens (tertiary/aromatic N) is 3. The largest absolute Gasteiger partial charge is 0.496 e. The second-order valence-corrected chi connectivity index (χ2v) is 8.47. The lowest BCUT2D eigenvalue weighted by atomic mass is 9.90. The smallest absolute Gasteiger partial charge is 0.263 e. The lowest BCUT2D eigenvalue weighted by molar-refractivity contribution is 0.0475. The number of rotatable bonds is 4. The third kappa shape index (κ3) is 3.02. The van der Waals surface area contributed by atoms with Gasteiger partial charge in [0.1, 0.15) is 5.75 Å². The number of carbonyl (C=O) groups is 2. The summed E-state index contributed by atoms with van der Waals surface area (Å²) in [5.41, 5.74) is 5.14. The SMILES string of the molecule is COc1ccccc1-c1cc2c(c3c1C(=O)N(CN1CCN(C)CC1)C3=O)CCC2. The molecule has 2 heterocycles. The molecule has 1 aliphatic carbocycles. The van der Waals surface area contributed by atoms with Crippen LogP contribution in [0, 0.1) is 0 Å². The molecule has 6 heteroatoms. The van der Waals surface area contributed by atoms with Crippen LogP contribution < -0.4 is 4.74 Å². The topological polar surface area (TPSA) is 53.1 Å². The number of amides is 2. The predicted molar refractivity (Wildman–Crippen MR) is 115 cm³/mol. The molecule has 0 spiro atoms. The lowest BCUT2D eigenvalue weighted by Crippen LogP contribution is -2.50. The van der Waals surface area contributed by atoms with Gasteiger partial charge in [-0.15, -0.1) is 0 Å². The maximum absolute atomic E-state index is 13.6. The molecule has 0 saturated carbocycles. The molecule has 2 amide bonds. The molecule has 156 valence electrons. The van der Waals surface area contributed by atoms with E-state index in [1.165, 1.54) is 10.5 Å². The second-order valence-electron chi connectivity index (χ2n) is 8.47. The number of aryl methyl sites for hydroxylation is 1. The average molecular weight is 405 g/mol. The summed E-state index contributed by atoms with van der Waals surface area (Å²) < 4.78 is 5.58. The molecule has 2 aromatic rings. The van der Waals surface area contributed by atoms with Crippen LogP contribution in [-0.2, 0) is 12.8 Å². The normalized spacial score (nSPS) is 19.3. The van der Waals surface area contributed by atoms with Gasteiger partial charge in [0.2, 0.25) is 0 Å². The van der Waals surface area contributed by atoms with Gasteiger partial charge in [-0.25, -0.2) is 0 Å². The number of carbonyl (C=O) groups excluding carboxylic acids is 2. The Morgan fingerprint density at radius 3 is 2.43 bits per heavy atom. The third-order valence-electron chi connectivity index (χ3n) is 6.65. The van der Waals surface area contributed by atoms with Gasteiger partial charge in [0.05, 0.1) is 24.9 Å². The number of para-hydroxylation sites is 1. The number of imide groups is 1. The minimum Gasteiger partial charge on any atom is -0.496 e. The summed E-state index contributed by atoms with van der Waals surface area (Å²) in [4.78, 5) is 33.0. The van der Waals surface area contributed by atoms with Crippen molar-refractivity contribution in [1.82, 2.24) is 14.7 Å². The standard InChI is InChI=1S/C24H27N3O3/c1-25-10-12-26(13-11-25)15-27-23(28)21-17-8-5-6-16(17)14-19(22(21)24(27)29)18-7-3-4-9-20(18)30-2/h3-4,7,9,14H,5-6,8,10-13,15H2,1-2H3. The number of ether oxygens (including phenoxy) is 1. The van der Waals surface area contributed by atoms with Crippen molar-refractivity contribution in [3.8, 4) is 16.9 Å². The summed E-state index contributed by atoms with van der Waals surface area (Å²) in [6.45, 7) is 3.99. The Kier molecular flexibility index (Phi) is 4.83. The van der Waals surface area contributed by atoms with Crippen LogP contribution in [0.15, 0.2) is 30.3 Å². The van der Waals surface area contributed by atoms with E-state index < -0.39 is 0 Å². The van der Waals surface area contributed by atoms with E-state index in [1.54, 1.807) is 7.11 Å². The number of methoxy groups -OCH3 is 1. The fourth-order valence-electron chi connectivity index (χ4n) is 4.96. The third-order valence-corrected chi connectivity index (χ3v) is 6.65. The average Bonchev–Trinajstić information content (AvgIpc) is 3.33. The Balaban J connectivity index is 1.59. The van der Waals surface area contributed by atoms with Crippen molar-refractivity contribution in [2.45, 2.75) is 19.3 Å². The lowest BCUT2D eigenvalue weighted by Gasteiger charge is -2.34. The predicted octanol–water partition coefficient (Wildman–Crippen LogP) is 2.65. The summed E-state index contributed by atoms with van der Waals surface area (Å²) in [7, 11) is 3.74. The highest BCUT2D eigenvalue weighted by Gasteiger charge is 2.42. The van der Waals surface area contributed by atoms with Gasteiger partial charge in [0.15, 0.2) is 0 Å². The van der Waals surface area contributed by atoms with Crippen molar-refractivity contribution in [3.63, 3.8) is 0 Å². The molecule has 3 aliphatic rings. The zero-order valence-corrected chi connectivity index (χ0v) is 17.6. The zero-order valence-electron chi connectivity index (χ0n) is 17.6. The van der Waals surface area contributed by atoms with Crippen LogP contribution in [0.2, 0.25) is 0 Å². The molecule has 0 unspecified atom stereocenters. The van der Waals surface area contributed by atoms with E-state index in [1.807, 2.05) is 24.3 Å². The summed E-state index contributed by atoms with van der Waals surface area (Å²) in [6.07, 6.45) is 2.84. The van der Waals surface area contributed by atoms with Crippen molar-refractivity contribution in [3.05, 3.63) is 52.6 Å². The fourth-order valence-corrected chi connectivity index (χ4v) is 4.96. The van der Waals surface area contributed by atoms with Crippen LogP contribution >= 0.6 is 0 Å². The molecule has 6 nitrogen and oxygen atoms in total. The van der Waals surface area contributed by atoms with Crippen molar-refractivity contribution in [2.75, 3.05) is 47.0 Å². The summed E-state index contributed by atoms with van der Waals surface area (Å²) in [5, 5.41) is 0. The molecular formula is C24H27N3O3. The highest BCUT2D eigenvalue weighted by atomic mass is 16.5. The molecule has 5 rings (SSSR count). The van der Waals surface area contributed by atoms with Crippen LogP contribution in [0.3, 0.4) is 0 Å². The van der Waals surface area contributed by atoms with Gasteiger partial charge < -0.3 is 9.64 Å². The first-order chi connectivity index (χ1) is 14.6. The van der Waals surface area contributed by atoms with E-state index in [-0.39, 0.29) is 11.8 Å². The van der Waals surface area contributed by atoms with Gasteiger partial charge in [-0.05, 0) is 55.1 Å². The number of benzene rings is 2. The molecule has 1 fully saturated rings. The quantitative estimate of drug-likeness (QED) is 0.732. The molecule has 0 atom stereocenters. The Morgan fingerprint density at radius 1 is 0.933 bits per heavy atom. The van der Waals surface area contributed by atoms with Crippen molar-refractivity contribution in [2.24, 2.45) is 0 Å². The highest BCUT2D eigenvalue weighted by Crippen LogP contribution is 2.42. The molecule has 1 saturated heterocycles. The van der Waals surface area contributed by atoms with E-state index in [9.17, 15) is 9.59 Å². The first-order valence-electron chi connectivity index (χ1n) is 10.7. The van der Waals surface area contributed by atoms with E-state index >= 15 is 0 Å². The minimum absolute atomic E-state index is 0.135. The number of likely N-dealkylation sites (N-methyl/N-ethyl adjacent to an activating group) is 1. The summed E-state index contributed by atoms with van der Waals surface area (Å²) in [6, 6.07) is 9.85. The first-order valence-corrected chi connectivity index (χ1v) is 10.7. The van der Waals surface area contributed by atoms with Gasteiger partial charge in [0, 0.05) is 31.7 Å². The van der Waals surface area contributed by atoms with Gasteiger partial charge in [0.25, 0.3) is 11.8 Å². The maximum Gasteiger partial charge on any atom is 0.263 e. The van der Waals surface area contributed by atoms with Crippen LogP contribution in [0.25, 0.3) is 11.1 Å². The van der Waals surface area contributed by atoms with Gasteiger partial charge >= 0.3 is 0 Å². The van der Waals surface area contributed by atoms with Crippen molar-refractivity contribution in [1.29, 1.82) is 0 Å². The fraction of sp³-hybridized carbons (Fsp3) is 0.417. The Labute approximate surface area is 177 Å². The Bertz CT molecular complexity index is 1020. The number of fused-ring (bicyclic) bond motifs is 3. The Morgan fingerprint density at radius 2 is 1.67 bits per heavy atom. The Hall–Kier alpha value is -2.70. The molecular weight excluding hydrogens is 378 g/mol.